The number of amides is 1. The highest BCUT2D eigenvalue weighted by molar-refractivity contribution is 7.22. The normalized spacial score (nSPS) is 10.5. The summed E-state index contributed by atoms with van der Waals surface area (Å²) in [7, 11) is 0. The average molecular weight is 301 g/mol. The van der Waals surface area contributed by atoms with Gasteiger partial charge in [-0.25, -0.2) is 9.37 Å². The van der Waals surface area contributed by atoms with Gasteiger partial charge < -0.3 is 10.6 Å². The quantitative estimate of drug-likeness (QED) is 0.775. The Labute approximate surface area is 124 Å². The number of rotatable bonds is 4. The smallest absolute Gasteiger partial charge is 0.245 e. The lowest BCUT2D eigenvalue weighted by molar-refractivity contribution is -0.114. The third-order valence-electron chi connectivity index (χ3n) is 2.84. The van der Waals surface area contributed by atoms with Crippen LogP contribution in [-0.2, 0) is 4.79 Å². The third kappa shape index (κ3) is 3.35. The number of halogens is 1. The fraction of sp³-hybridized carbons (Fsp3) is 0.0667. The summed E-state index contributed by atoms with van der Waals surface area (Å²) in [5.74, 6) is -0.502. The van der Waals surface area contributed by atoms with Crippen molar-refractivity contribution >= 4 is 38.3 Å². The summed E-state index contributed by atoms with van der Waals surface area (Å²) < 4.78 is 13.8. The highest BCUT2D eigenvalue weighted by Gasteiger charge is 2.07. The second kappa shape index (κ2) is 5.88. The van der Waals surface area contributed by atoms with E-state index in [0.717, 1.165) is 10.2 Å². The summed E-state index contributed by atoms with van der Waals surface area (Å²) in [5, 5.41) is 6.24. The van der Waals surface area contributed by atoms with Crippen molar-refractivity contribution in [3.8, 4) is 0 Å². The van der Waals surface area contributed by atoms with Gasteiger partial charge in [0.2, 0.25) is 5.91 Å². The molecular weight excluding hydrogens is 289 g/mol. The molecule has 3 rings (SSSR count). The molecule has 1 heterocycles. The Morgan fingerprint density at radius 1 is 1.14 bits per heavy atom. The molecule has 0 aliphatic rings. The van der Waals surface area contributed by atoms with E-state index in [2.05, 4.69) is 15.6 Å². The molecule has 2 N–H and O–H groups in total. The lowest BCUT2D eigenvalue weighted by Crippen LogP contribution is -2.21. The van der Waals surface area contributed by atoms with Gasteiger partial charge in [0, 0.05) is 5.69 Å². The van der Waals surface area contributed by atoms with Gasteiger partial charge in [-0.2, -0.15) is 0 Å². The molecule has 106 valence electrons. The molecule has 0 unspecified atom stereocenters. The number of fused-ring (bicyclic) bond motifs is 1. The van der Waals surface area contributed by atoms with Crippen LogP contribution in [-0.4, -0.2) is 17.4 Å². The first-order chi connectivity index (χ1) is 10.2. The van der Waals surface area contributed by atoms with Gasteiger partial charge >= 0.3 is 0 Å². The Hall–Kier alpha value is -2.47. The monoisotopic (exact) mass is 301 g/mol. The van der Waals surface area contributed by atoms with Gasteiger partial charge in [0.05, 0.1) is 16.8 Å². The molecule has 4 nitrogen and oxygen atoms in total. The second-order valence-corrected chi connectivity index (χ2v) is 5.43. The lowest BCUT2D eigenvalue weighted by Gasteiger charge is -2.05. The number of para-hydroxylation sites is 1. The number of benzene rings is 2. The minimum Gasteiger partial charge on any atom is -0.376 e. The van der Waals surface area contributed by atoms with E-state index in [1.807, 2.05) is 24.3 Å². The number of aromatic nitrogens is 1. The molecule has 1 aromatic heterocycles. The zero-order chi connectivity index (χ0) is 14.7. The van der Waals surface area contributed by atoms with Gasteiger partial charge in [0.1, 0.15) is 5.82 Å². The van der Waals surface area contributed by atoms with Gasteiger partial charge in [-0.1, -0.05) is 23.5 Å². The number of carbonyl (C=O) groups excluding carboxylic acids is 1. The van der Waals surface area contributed by atoms with Gasteiger partial charge in [-0.05, 0) is 36.4 Å². The van der Waals surface area contributed by atoms with Crippen LogP contribution in [0.15, 0.2) is 48.5 Å². The van der Waals surface area contributed by atoms with E-state index < -0.39 is 0 Å². The predicted octanol–water partition coefficient (Wildman–Crippen LogP) is 3.49. The Morgan fingerprint density at radius 3 is 2.67 bits per heavy atom. The van der Waals surface area contributed by atoms with Gasteiger partial charge in [0.15, 0.2) is 5.13 Å². The van der Waals surface area contributed by atoms with Crippen LogP contribution in [0.3, 0.4) is 0 Å². The topological polar surface area (TPSA) is 54.0 Å². The summed E-state index contributed by atoms with van der Waals surface area (Å²) in [6, 6.07) is 13.5. The maximum atomic E-state index is 12.8. The van der Waals surface area contributed by atoms with Crippen LogP contribution in [0.2, 0.25) is 0 Å². The number of nitrogens with one attached hydrogen (secondary N) is 2. The molecule has 1 amide bonds. The van der Waals surface area contributed by atoms with Gasteiger partial charge in [0.25, 0.3) is 0 Å². The molecular formula is C15H12FN3OS. The summed E-state index contributed by atoms with van der Waals surface area (Å²) >= 11 is 1.43. The number of nitrogens with zero attached hydrogens (tertiary/aromatic N) is 1. The van der Waals surface area contributed by atoms with E-state index in [0.29, 0.717) is 10.8 Å². The van der Waals surface area contributed by atoms with E-state index in [1.54, 1.807) is 12.1 Å². The first-order valence-electron chi connectivity index (χ1n) is 6.35. The molecule has 0 atom stereocenters. The Kier molecular flexibility index (Phi) is 3.79. The molecule has 21 heavy (non-hydrogen) atoms. The van der Waals surface area contributed by atoms with Crippen LogP contribution in [0, 0.1) is 5.82 Å². The van der Waals surface area contributed by atoms with Crippen LogP contribution < -0.4 is 10.6 Å². The van der Waals surface area contributed by atoms with Crippen LogP contribution in [0.25, 0.3) is 10.2 Å². The van der Waals surface area contributed by atoms with Crippen LogP contribution >= 0.6 is 11.3 Å². The SMILES string of the molecule is O=C(CNc1ccc(F)cc1)Nc1nc2ccccc2s1. The van der Waals surface area contributed by atoms with E-state index in [1.165, 1.54) is 23.5 Å². The van der Waals surface area contributed by atoms with Crippen molar-refractivity contribution < 1.29 is 9.18 Å². The standard InChI is InChI=1S/C15H12FN3OS/c16-10-5-7-11(8-6-10)17-9-14(20)19-15-18-12-3-1-2-4-13(12)21-15/h1-8,17H,9H2,(H,18,19,20). The zero-order valence-corrected chi connectivity index (χ0v) is 11.8. The first kappa shape index (κ1) is 13.5. The lowest BCUT2D eigenvalue weighted by atomic mass is 10.3. The van der Waals surface area contributed by atoms with Crippen molar-refractivity contribution in [2.75, 3.05) is 17.2 Å². The summed E-state index contributed by atoms with van der Waals surface area (Å²) in [6.45, 7) is 0.0988. The van der Waals surface area contributed by atoms with Crippen molar-refractivity contribution in [2.24, 2.45) is 0 Å². The molecule has 0 saturated heterocycles. The van der Waals surface area contributed by atoms with E-state index in [9.17, 15) is 9.18 Å². The Morgan fingerprint density at radius 2 is 1.90 bits per heavy atom. The second-order valence-electron chi connectivity index (χ2n) is 4.40. The molecule has 2 aromatic carbocycles. The minimum atomic E-state index is -0.306. The van der Waals surface area contributed by atoms with Crippen molar-refractivity contribution in [3.05, 3.63) is 54.3 Å². The van der Waals surface area contributed by atoms with Crippen LogP contribution in [0.5, 0.6) is 0 Å². The van der Waals surface area contributed by atoms with E-state index in [-0.39, 0.29) is 18.3 Å². The zero-order valence-electron chi connectivity index (χ0n) is 11.0. The fourth-order valence-corrected chi connectivity index (χ4v) is 2.72. The van der Waals surface area contributed by atoms with Crippen molar-refractivity contribution in [2.45, 2.75) is 0 Å². The maximum absolute atomic E-state index is 12.8. The molecule has 0 radical (unpaired) electrons. The van der Waals surface area contributed by atoms with Gasteiger partial charge in [-0.15, -0.1) is 0 Å². The molecule has 0 aliphatic carbocycles. The number of carbonyl (C=O) groups is 1. The molecule has 6 heteroatoms. The largest absolute Gasteiger partial charge is 0.376 e. The van der Waals surface area contributed by atoms with Crippen molar-refractivity contribution in [3.63, 3.8) is 0 Å². The molecule has 0 fully saturated rings. The third-order valence-corrected chi connectivity index (χ3v) is 3.79. The van der Waals surface area contributed by atoms with Crippen LogP contribution in [0.4, 0.5) is 15.2 Å². The minimum absolute atomic E-state index is 0.0988. The Bertz CT molecular complexity index is 737. The average Bonchev–Trinajstić information content (AvgIpc) is 2.88. The number of hydrogen-bond donors (Lipinski definition) is 2. The molecule has 0 spiro atoms. The van der Waals surface area contributed by atoms with Crippen molar-refractivity contribution in [1.29, 1.82) is 0 Å². The highest BCUT2D eigenvalue weighted by atomic mass is 32.1. The summed E-state index contributed by atoms with van der Waals surface area (Å²) in [4.78, 5) is 16.2. The summed E-state index contributed by atoms with van der Waals surface area (Å²) in [5.41, 5.74) is 1.56. The Balaban J connectivity index is 1.59. The fourth-order valence-electron chi connectivity index (χ4n) is 1.84. The number of thiazole rings is 1. The van der Waals surface area contributed by atoms with Gasteiger partial charge in [-0.3, -0.25) is 4.79 Å². The van der Waals surface area contributed by atoms with Crippen LogP contribution in [0.1, 0.15) is 0 Å². The molecule has 0 saturated carbocycles. The number of anilines is 2. The van der Waals surface area contributed by atoms with Crippen molar-refractivity contribution in [1.82, 2.24) is 4.98 Å². The molecule has 0 aliphatic heterocycles. The summed E-state index contributed by atoms with van der Waals surface area (Å²) in [6.07, 6.45) is 0. The van der Waals surface area contributed by atoms with E-state index >= 15 is 0 Å². The molecule has 0 bridgehead atoms. The maximum Gasteiger partial charge on any atom is 0.245 e. The highest BCUT2D eigenvalue weighted by Crippen LogP contribution is 2.25. The van der Waals surface area contributed by atoms with E-state index in [4.69, 9.17) is 0 Å². The number of hydrogen-bond acceptors (Lipinski definition) is 4. The first-order valence-corrected chi connectivity index (χ1v) is 7.17. The predicted molar refractivity (Wildman–Crippen MR) is 83.1 cm³/mol. The molecule has 3 aromatic rings.